The van der Waals surface area contributed by atoms with Crippen molar-refractivity contribution in [3.8, 4) is 12.3 Å². The maximum Gasteiger partial charge on any atom is 0.0769 e. The van der Waals surface area contributed by atoms with Crippen LogP contribution in [0.5, 0.6) is 0 Å². The van der Waals surface area contributed by atoms with Crippen molar-refractivity contribution in [3.63, 3.8) is 0 Å². The molecule has 1 saturated heterocycles. The topological polar surface area (TPSA) is 15.3 Å². The lowest BCUT2D eigenvalue weighted by Crippen LogP contribution is -2.68. The second-order valence-corrected chi connectivity index (χ2v) is 6.62. The van der Waals surface area contributed by atoms with E-state index in [1.54, 1.807) is 0 Å². The molecule has 1 heterocycles. The Balaban J connectivity index is 2.16. The molecule has 2 nitrogen and oxygen atoms in total. The van der Waals surface area contributed by atoms with Gasteiger partial charge in [0.2, 0.25) is 0 Å². The predicted octanol–water partition coefficient (Wildman–Crippen LogP) is 2.78. The summed E-state index contributed by atoms with van der Waals surface area (Å²) < 4.78 is 0. The first-order chi connectivity index (χ1) is 8.53. The van der Waals surface area contributed by atoms with Gasteiger partial charge in [0.1, 0.15) is 0 Å². The molecule has 2 aliphatic rings. The zero-order valence-electron chi connectivity index (χ0n) is 12.3. The minimum absolute atomic E-state index is 0.118. The van der Waals surface area contributed by atoms with Crippen LogP contribution in [0.1, 0.15) is 59.3 Å². The van der Waals surface area contributed by atoms with Crippen molar-refractivity contribution in [2.45, 2.75) is 76.4 Å². The molecule has 0 aromatic rings. The lowest BCUT2D eigenvalue weighted by atomic mass is 9.78. The van der Waals surface area contributed by atoms with Gasteiger partial charge in [0.15, 0.2) is 0 Å². The Labute approximate surface area is 113 Å². The van der Waals surface area contributed by atoms with Gasteiger partial charge in [-0.15, -0.1) is 6.42 Å². The zero-order chi connectivity index (χ0) is 13.2. The van der Waals surface area contributed by atoms with E-state index < -0.39 is 0 Å². The number of hydrogen-bond acceptors (Lipinski definition) is 2. The third-order valence-corrected chi connectivity index (χ3v) is 4.98. The average Bonchev–Trinajstić information content (AvgIpc) is 2.40. The second kappa shape index (κ2) is 5.23. The molecule has 2 fully saturated rings. The van der Waals surface area contributed by atoms with Crippen LogP contribution in [-0.2, 0) is 0 Å². The Hall–Kier alpha value is -0.520. The summed E-state index contributed by atoms with van der Waals surface area (Å²) in [5.74, 6) is 3.00. The van der Waals surface area contributed by atoms with Crippen LogP contribution in [0.15, 0.2) is 0 Å². The molecule has 1 spiro atoms. The van der Waals surface area contributed by atoms with Crippen LogP contribution in [0, 0.1) is 12.3 Å². The van der Waals surface area contributed by atoms with Crippen molar-refractivity contribution in [1.29, 1.82) is 0 Å². The Bertz CT molecular complexity index is 320. The fourth-order valence-electron chi connectivity index (χ4n) is 3.62. The van der Waals surface area contributed by atoms with Crippen molar-refractivity contribution < 1.29 is 0 Å². The Morgan fingerprint density at radius 1 is 1.33 bits per heavy atom. The minimum atomic E-state index is -0.118. The van der Waals surface area contributed by atoms with Crippen molar-refractivity contribution in [2.75, 3.05) is 13.1 Å². The standard InChI is InChI=1S/C16H28N2/c1-5-14-12-17-16(10-8-7-9-11-16)13-18(14)15(3,4)6-2/h2,14,17H,5,7-13H2,1,3-4H3. The molecular weight excluding hydrogens is 220 g/mol. The summed E-state index contributed by atoms with van der Waals surface area (Å²) in [6.45, 7) is 8.88. The highest BCUT2D eigenvalue weighted by atomic mass is 15.3. The molecule has 2 rings (SSSR count). The highest BCUT2D eigenvalue weighted by Crippen LogP contribution is 2.34. The SMILES string of the molecule is C#CC(C)(C)N1CC2(CCCCC2)NCC1CC. The van der Waals surface area contributed by atoms with Gasteiger partial charge in [0.25, 0.3) is 0 Å². The molecule has 0 radical (unpaired) electrons. The summed E-state index contributed by atoms with van der Waals surface area (Å²) in [6.07, 6.45) is 13.7. The first-order valence-corrected chi connectivity index (χ1v) is 7.52. The van der Waals surface area contributed by atoms with Gasteiger partial charge in [0.05, 0.1) is 5.54 Å². The maximum absolute atomic E-state index is 5.76. The Morgan fingerprint density at radius 2 is 2.00 bits per heavy atom. The van der Waals surface area contributed by atoms with E-state index in [9.17, 15) is 0 Å². The van der Waals surface area contributed by atoms with E-state index in [-0.39, 0.29) is 5.54 Å². The van der Waals surface area contributed by atoms with Crippen LogP contribution in [0.25, 0.3) is 0 Å². The van der Waals surface area contributed by atoms with E-state index in [1.165, 1.54) is 38.5 Å². The average molecular weight is 248 g/mol. The summed E-state index contributed by atoms with van der Waals surface area (Å²) in [4.78, 5) is 2.58. The molecule has 1 atom stereocenters. The fraction of sp³-hybridized carbons (Fsp3) is 0.875. The van der Waals surface area contributed by atoms with E-state index in [4.69, 9.17) is 6.42 Å². The van der Waals surface area contributed by atoms with Crippen LogP contribution in [-0.4, -0.2) is 35.1 Å². The van der Waals surface area contributed by atoms with Gasteiger partial charge in [-0.05, 0) is 33.1 Å². The molecule has 1 aliphatic carbocycles. The number of rotatable bonds is 2. The van der Waals surface area contributed by atoms with E-state index in [0.29, 0.717) is 11.6 Å². The highest BCUT2D eigenvalue weighted by Gasteiger charge is 2.43. The zero-order valence-corrected chi connectivity index (χ0v) is 12.3. The summed E-state index contributed by atoms with van der Waals surface area (Å²) in [5, 5.41) is 3.85. The van der Waals surface area contributed by atoms with Crippen LogP contribution >= 0.6 is 0 Å². The Morgan fingerprint density at radius 3 is 2.56 bits per heavy atom. The highest BCUT2D eigenvalue weighted by molar-refractivity contribution is 5.13. The van der Waals surface area contributed by atoms with Crippen LogP contribution in [0.4, 0.5) is 0 Å². The molecule has 0 aromatic heterocycles. The molecule has 1 aliphatic heterocycles. The van der Waals surface area contributed by atoms with Gasteiger partial charge in [-0.25, -0.2) is 0 Å². The predicted molar refractivity (Wildman–Crippen MR) is 77.5 cm³/mol. The summed E-state index contributed by atoms with van der Waals surface area (Å²) in [5.41, 5.74) is 0.227. The summed E-state index contributed by atoms with van der Waals surface area (Å²) in [7, 11) is 0. The third kappa shape index (κ3) is 2.58. The normalized spacial score (nSPS) is 29.1. The van der Waals surface area contributed by atoms with Gasteiger partial charge < -0.3 is 5.32 Å². The number of piperazine rings is 1. The van der Waals surface area contributed by atoms with Crippen molar-refractivity contribution in [1.82, 2.24) is 10.2 Å². The number of nitrogens with one attached hydrogen (secondary N) is 1. The molecular formula is C16H28N2. The van der Waals surface area contributed by atoms with Gasteiger partial charge >= 0.3 is 0 Å². The number of terminal acetylenes is 1. The molecule has 2 heteroatoms. The van der Waals surface area contributed by atoms with Gasteiger partial charge in [0, 0.05) is 24.7 Å². The van der Waals surface area contributed by atoms with E-state index in [1.807, 2.05) is 0 Å². The third-order valence-electron chi connectivity index (χ3n) is 4.98. The first-order valence-electron chi connectivity index (χ1n) is 7.52. The lowest BCUT2D eigenvalue weighted by molar-refractivity contribution is 0.00936. The number of nitrogens with zero attached hydrogens (tertiary/aromatic N) is 1. The fourth-order valence-corrected chi connectivity index (χ4v) is 3.62. The minimum Gasteiger partial charge on any atom is -0.308 e. The van der Waals surface area contributed by atoms with Gasteiger partial charge in [-0.2, -0.15) is 0 Å². The molecule has 1 saturated carbocycles. The quantitative estimate of drug-likeness (QED) is 0.756. The monoisotopic (exact) mass is 248 g/mol. The largest absolute Gasteiger partial charge is 0.308 e. The molecule has 0 amide bonds. The van der Waals surface area contributed by atoms with E-state index in [0.717, 1.165) is 13.1 Å². The second-order valence-electron chi connectivity index (χ2n) is 6.62. The molecule has 0 aromatic carbocycles. The maximum atomic E-state index is 5.76. The smallest absolute Gasteiger partial charge is 0.0769 e. The molecule has 102 valence electrons. The molecule has 1 N–H and O–H groups in total. The van der Waals surface area contributed by atoms with Crippen molar-refractivity contribution >= 4 is 0 Å². The molecule has 1 unspecified atom stereocenters. The van der Waals surface area contributed by atoms with Gasteiger partial charge in [-0.3, -0.25) is 4.90 Å². The van der Waals surface area contributed by atoms with Crippen molar-refractivity contribution in [3.05, 3.63) is 0 Å². The van der Waals surface area contributed by atoms with E-state index >= 15 is 0 Å². The summed E-state index contributed by atoms with van der Waals surface area (Å²) >= 11 is 0. The van der Waals surface area contributed by atoms with Crippen LogP contribution < -0.4 is 5.32 Å². The number of hydrogen-bond donors (Lipinski definition) is 1. The lowest BCUT2D eigenvalue weighted by Gasteiger charge is -2.53. The van der Waals surface area contributed by atoms with E-state index in [2.05, 4.69) is 36.9 Å². The Kier molecular flexibility index (Phi) is 4.04. The molecule has 0 bridgehead atoms. The van der Waals surface area contributed by atoms with Gasteiger partial charge in [-0.1, -0.05) is 32.1 Å². The van der Waals surface area contributed by atoms with Crippen molar-refractivity contribution in [2.24, 2.45) is 0 Å². The summed E-state index contributed by atoms with van der Waals surface area (Å²) in [6, 6.07) is 0.587. The van der Waals surface area contributed by atoms with Crippen LogP contribution in [0.3, 0.4) is 0 Å². The van der Waals surface area contributed by atoms with Crippen LogP contribution in [0.2, 0.25) is 0 Å². The first kappa shape index (κ1) is 13.9. The molecule has 18 heavy (non-hydrogen) atoms.